The third-order valence-corrected chi connectivity index (χ3v) is 5.98. The molecule has 39 heavy (non-hydrogen) atoms. The number of rotatable bonds is 12. The van der Waals surface area contributed by atoms with Gasteiger partial charge in [-0.15, -0.1) is 0 Å². The molecule has 2 amide bonds. The Kier molecular flexibility index (Phi) is 10.2. The van der Waals surface area contributed by atoms with Crippen molar-refractivity contribution in [2.45, 2.75) is 44.7 Å². The van der Waals surface area contributed by atoms with Crippen LogP contribution in [-0.4, -0.2) is 35.0 Å². The Bertz CT molecular complexity index is 1390. The van der Waals surface area contributed by atoms with Crippen LogP contribution in [0.2, 0.25) is 0 Å². The SMILES string of the molecule is Cc1cccc(C[C@H](NNC(=O)c2ccc(F)cc2F)C(=O)N[C@H](C#N)CCCc2cccc(C(=O)O)c2)c1. The first-order valence-electron chi connectivity index (χ1n) is 12.2. The highest BCUT2D eigenvalue weighted by Crippen LogP contribution is 2.12. The molecule has 0 fully saturated rings. The number of carbonyl (C=O) groups excluding carboxylic acids is 2. The largest absolute Gasteiger partial charge is 0.478 e. The van der Waals surface area contributed by atoms with Crippen molar-refractivity contribution in [3.8, 4) is 6.07 Å². The van der Waals surface area contributed by atoms with E-state index in [2.05, 4.69) is 22.2 Å². The zero-order valence-electron chi connectivity index (χ0n) is 21.2. The fourth-order valence-electron chi connectivity index (χ4n) is 3.99. The molecule has 4 N–H and O–H groups in total. The van der Waals surface area contributed by atoms with Crippen LogP contribution in [-0.2, 0) is 17.6 Å². The second kappa shape index (κ2) is 13.8. The maximum Gasteiger partial charge on any atom is 0.335 e. The number of nitrogens with one attached hydrogen (secondary N) is 3. The summed E-state index contributed by atoms with van der Waals surface area (Å²) in [7, 11) is 0. The number of nitrogens with zero attached hydrogens (tertiary/aromatic N) is 1. The van der Waals surface area contributed by atoms with E-state index < -0.39 is 47.1 Å². The fraction of sp³-hybridized carbons (Fsp3) is 0.241. The van der Waals surface area contributed by atoms with Crippen LogP contribution < -0.4 is 16.2 Å². The molecule has 0 aromatic heterocycles. The molecule has 0 heterocycles. The highest BCUT2D eigenvalue weighted by Gasteiger charge is 2.23. The lowest BCUT2D eigenvalue weighted by atomic mass is 10.0. The van der Waals surface area contributed by atoms with Gasteiger partial charge in [-0.2, -0.15) is 5.26 Å². The van der Waals surface area contributed by atoms with Gasteiger partial charge in [-0.3, -0.25) is 15.0 Å². The first kappa shape index (κ1) is 28.9. The van der Waals surface area contributed by atoms with Gasteiger partial charge in [-0.1, -0.05) is 42.0 Å². The summed E-state index contributed by atoms with van der Waals surface area (Å²) in [6.45, 7) is 1.89. The van der Waals surface area contributed by atoms with E-state index >= 15 is 0 Å². The zero-order chi connectivity index (χ0) is 28.4. The van der Waals surface area contributed by atoms with Crippen molar-refractivity contribution >= 4 is 17.8 Å². The number of halogens is 2. The summed E-state index contributed by atoms with van der Waals surface area (Å²) in [5.74, 6) is -4.36. The number of nitriles is 1. The Balaban J connectivity index is 1.65. The van der Waals surface area contributed by atoms with Gasteiger partial charge in [0.1, 0.15) is 23.7 Å². The second-order valence-electron chi connectivity index (χ2n) is 9.06. The number of hydrogen-bond donors (Lipinski definition) is 4. The summed E-state index contributed by atoms with van der Waals surface area (Å²) < 4.78 is 27.2. The van der Waals surface area contributed by atoms with Crippen molar-refractivity contribution in [3.63, 3.8) is 0 Å². The minimum atomic E-state index is -1.05. The number of carboxylic acids is 1. The van der Waals surface area contributed by atoms with Crippen molar-refractivity contribution < 1.29 is 28.3 Å². The Labute approximate surface area is 224 Å². The van der Waals surface area contributed by atoms with E-state index in [1.54, 1.807) is 18.2 Å². The molecule has 0 unspecified atom stereocenters. The molecule has 0 saturated carbocycles. The van der Waals surface area contributed by atoms with Gasteiger partial charge in [0.2, 0.25) is 5.91 Å². The number of hydrogen-bond acceptors (Lipinski definition) is 5. The van der Waals surface area contributed by atoms with E-state index in [1.807, 2.05) is 31.2 Å². The Morgan fingerprint density at radius 2 is 1.74 bits per heavy atom. The maximum absolute atomic E-state index is 14.0. The molecule has 2 atom stereocenters. The smallest absolute Gasteiger partial charge is 0.335 e. The molecular formula is C29H28F2N4O4. The van der Waals surface area contributed by atoms with Crippen LogP contribution in [0, 0.1) is 29.9 Å². The van der Waals surface area contributed by atoms with Gasteiger partial charge in [0.15, 0.2) is 0 Å². The average Bonchev–Trinajstić information content (AvgIpc) is 2.90. The number of benzene rings is 3. The minimum absolute atomic E-state index is 0.153. The van der Waals surface area contributed by atoms with Gasteiger partial charge in [-0.25, -0.2) is 19.0 Å². The lowest BCUT2D eigenvalue weighted by Gasteiger charge is -2.21. The molecule has 202 valence electrons. The molecule has 0 spiro atoms. The van der Waals surface area contributed by atoms with E-state index in [0.717, 1.165) is 28.8 Å². The van der Waals surface area contributed by atoms with Crippen molar-refractivity contribution in [3.05, 3.63) is 106 Å². The maximum atomic E-state index is 14.0. The lowest BCUT2D eigenvalue weighted by Crippen LogP contribution is -2.54. The van der Waals surface area contributed by atoms with Crippen LogP contribution in [0.5, 0.6) is 0 Å². The molecular weight excluding hydrogens is 506 g/mol. The van der Waals surface area contributed by atoms with Crippen molar-refractivity contribution in [2.75, 3.05) is 0 Å². The summed E-state index contributed by atoms with van der Waals surface area (Å²) in [6.07, 6.45) is 1.49. The van der Waals surface area contributed by atoms with Gasteiger partial charge in [0.25, 0.3) is 5.91 Å². The third-order valence-electron chi connectivity index (χ3n) is 5.98. The monoisotopic (exact) mass is 534 g/mol. The quantitative estimate of drug-likeness (QED) is 0.261. The molecule has 3 aromatic rings. The van der Waals surface area contributed by atoms with Gasteiger partial charge in [0, 0.05) is 6.07 Å². The first-order chi connectivity index (χ1) is 18.7. The predicted molar refractivity (Wildman–Crippen MR) is 140 cm³/mol. The number of aromatic carboxylic acids is 1. The van der Waals surface area contributed by atoms with E-state index in [4.69, 9.17) is 5.11 Å². The van der Waals surface area contributed by atoms with Gasteiger partial charge >= 0.3 is 5.97 Å². The van der Waals surface area contributed by atoms with Crippen molar-refractivity contribution in [1.82, 2.24) is 16.2 Å². The van der Waals surface area contributed by atoms with Crippen LogP contribution in [0.1, 0.15) is 50.2 Å². The van der Waals surface area contributed by atoms with Crippen LogP contribution in [0.15, 0.2) is 66.7 Å². The summed E-state index contributed by atoms with van der Waals surface area (Å²) in [6, 6.07) is 16.6. The Morgan fingerprint density at radius 1 is 1.00 bits per heavy atom. The lowest BCUT2D eigenvalue weighted by molar-refractivity contribution is -0.123. The average molecular weight is 535 g/mol. The molecule has 3 aromatic carbocycles. The summed E-state index contributed by atoms with van der Waals surface area (Å²) in [5.41, 5.74) is 7.24. The number of carboxylic acid groups (broad SMARTS) is 1. The molecule has 0 aliphatic carbocycles. The van der Waals surface area contributed by atoms with E-state index in [9.17, 15) is 28.4 Å². The highest BCUT2D eigenvalue weighted by molar-refractivity contribution is 5.94. The number of hydrazine groups is 1. The topological polar surface area (TPSA) is 131 Å². The summed E-state index contributed by atoms with van der Waals surface area (Å²) in [4.78, 5) is 36.8. The fourth-order valence-corrected chi connectivity index (χ4v) is 3.99. The number of carbonyl (C=O) groups is 3. The Morgan fingerprint density at radius 3 is 2.44 bits per heavy atom. The summed E-state index contributed by atoms with van der Waals surface area (Å²) in [5, 5.41) is 21.4. The number of aryl methyl sites for hydroxylation is 2. The van der Waals surface area contributed by atoms with Crippen LogP contribution in [0.3, 0.4) is 0 Å². The molecule has 3 rings (SSSR count). The van der Waals surface area contributed by atoms with E-state index in [1.165, 1.54) is 6.07 Å². The van der Waals surface area contributed by atoms with Crippen LogP contribution in [0.25, 0.3) is 0 Å². The first-order valence-corrected chi connectivity index (χ1v) is 12.2. The predicted octanol–water partition coefficient (Wildman–Crippen LogP) is 3.85. The summed E-state index contributed by atoms with van der Waals surface area (Å²) >= 11 is 0. The Hall–Kier alpha value is -4.62. The van der Waals surface area contributed by atoms with Gasteiger partial charge in [-0.05, 0) is 68.0 Å². The third kappa shape index (κ3) is 8.72. The zero-order valence-corrected chi connectivity index (χ0v) is 21.2. The van der Waals surface area contributed by atoms with Crippen LogP contribution in [0.4, 0.5) is 8.78 Å². The molecule has 0 bridgehead atoms. The van der Waals surface area contributed by atoms with Gasteiger partial charge < -0.3 is 10.4 Å². The molecule has 0 aliphatic rings. The molecule has 10 heteroatoms. The van der Waals surface area contributed by atoms with Crippen molar-refractivity contribution in [2.24, 2.45) is 0 Å². The minimum Gasteiger partial charge on any atom is -0.478 e. The normalized spacial score (nSPS) is 12.2. The second-order valence-corrected chi connectivity index (χ2v) is 9.06. The molecule has 0 aliphatic heterocycles. The van der Waals surface area contributed by atoms with Crippen LogP contribution >= 0.6 is 0 Å². The molecule has 0 saturated heterocycles. The standard InChI is InChI=1S/C29H28F2N4O4/c1-18-5-2-8-20(13-18)15-26(34-35-27(36)24-12-11-22(30)16-25(24)31)28(37)33-23(17-32)10-4-7-19-6-3-9-21(14-19)29(38)39/h2-3,5-6,8-9,11-14,16,23,26,34H,4,7,10,15H2,1H3,(H,33,37)(H,35,36)(H,38,39)/t23-,26-/m0/s1. The molecule has 0 radical (unpaired) electrons. The highest BCUT2D eigenvalue weighted by atomic mass is 19.1. The van der Waals surface area contributed by atoms with E-state index in [0.29, 0.717) is 25.3 Å². The van der Waals surface area contributed by atoms with Crippen molar-refractivity contribution in [1.29, 1.82) is 5.26 Å². The molecule has 8 nitrogen and oxygen atoms in total. The van der Waals surface area contributed by atoms with Gasteiger partial charge in [0.05, 0.1) is 17.2 Å². The van der Waals surface area contributed by atoms with E-state index in [-0.39, 0.29) is 12.0 Å². The number of amides is 2.